The van der Waals surface area contributed by atoms with Gasteiger partial charge < -0.3 is 10.9 Å². The summed E-state index contributed by atoms with van der Waals surface area (Å²) >= 11 is 1.06. The molecule has 0 amide bonds. The Morgan fingerprint density at radius 1 is 1.39 bits per heavy atom. The van der Waals surface area contributed by atoms with E-state index < -0.39 is 11.2 Å². The molecule has 1 heterocycles. The smallest absolute Gasteiger partial charge is 0.316 e. The number of carbonyl (C=O) groups is 1. The number of carboxylic acid groups (broad SMARTS) is 1. The van der Waals surface area contributed by atoms with Gasteiger partial charge in [-0.15, -0.1) is 10.2 Å². The van der Waals surface area contributed by atoms with Gasteiger partial charge in [-0.05, 0) is 6.92 Å². The summed E-state index contributed by atoms with van der Waals surface area (Å²) in [5.74, 6) is 5.46. The van der Waals surface area contributed by atoms with Crippen LogP contribution < -0.4 is 5.84 Å². The zero-order valence-corrected chi connectivity index (χ0v) is 10.5. The maximum Gasteiger partial charge on any atom is 0.316 e. The predicted octanol–water partition coefficient (Wildman–Crippen LogP) is 1.22. The minimum Gasteiger partial charge on any atom is -0.480 e. The molecular formula is C11H12N4O2S. The number of aromatic nitrogens is 3. The van der Waals surface area contributed by atoms with Crippen molar-refractivity contribution >= 4 is 17.7 Å². The molecule has 1 atom stereocenters. The molecule has 0 aliphatic rings. The van der Waals surface area contributed by atoms with Gasteiger partial charge in [0.2, 0.25) is 5.16 Å². The molecule has 2 rings (SSSR count). The highest BCUT2D eigenvalue weighted by atomic mass is 32.2. The van der Waals surface area contributed by atoms with E-state index in [-0.39, 0.29) is 0 Å². The highest BCUT2D eigenvalue weighted by Gasteiger charge is 2.18. The Bertz CT molecular complexity index is 555. The zero-order valence-electron chi connectivity index (χ0n) is 9.65. The molecule has 0 aliphatic heterocycles. The third kappa shape index (κ3) is 2.45. The molecule has 6 nitrogen and oxygen atoms in total. The fourth-order valence-corrected chi connectivity index (χ4v) is 2.06. The normalized spacial score (nSPS) is 12.3. The average molecular weight is 264 g/mol. The van der Waals surface area contributed by atoms with E-state index in [2.05, 4.69) is 10.2 Å². The van der Waals surface area contributed by atoms with Crippen LogP contribution in [0.25, 0.3) is 11.4 Å². The van der Waals surface area contributed by atoms with Gasteiger partial charge in [0, 0.05) is 5.56 Å². The van der Waals surface area contributed by atoms with Crippen molar-refractivity contribution in [1.29, 1.82) is 0 Å². The SMILES string of the molecule is C[C@H](Sc1nnc(-c2ccccc2)n1N)C(=O)O. The molecule has 0 radical (unpaired) electrons. The summed E-state index contributed by atoms with van der Waals surface area (Å²) in [5, 5.41) is 16.5. The van der Waals surface area contributed by atoms with Crippen molar-refractivity contribution in [2.45, 2.75) is 17.3 Å². The lowest BCUT2D eigenvalue weighted by Crippen LogP contribution is -2.16. The number of nitrogens with zero attached hydrogens (tertiary/aromatic N) is 3. The van der Waals surface area contributed by atoms with Gasteiger partial charge in [0.1, 0.15) is 5.25 Å². The van der Waals surface area contributed by atoms with Crippen LogP contribution in [0.4, 0.5) is 0 Å². The maximum absolute atomic E-state index is 10.8. The number of carboxylic acids is 1. The molecule has 94 valence electrons. The Hall–Kier alpha value is -2.02. The molecular weight excluding hydrogens is 252 g/mol. The van der Waals surface area contributed by atoms with Gasteiger partial charge in [0.25, 0.3) is 0 Å². The highest BCUT2D eigenvalue weighted by Crippen LogP contribution is 2.24. The van der Waals surface area contributed by atoms with Crippen LogP contribution in [0.2, 0.25) is 0 Å². The molecule has 2 aromatic rings. The highest BCUT2D eigenvalue weighted by molar-refractivity contribution is 8.00. The van der Waals surface area contributed by atoms with Crippen LogP contribution in [0.3, 0.4) is 0 Å². The summed E-state index contributed by atoms with van der Waals surface area (Å²) in [7, 11) is 0. The zero-order chi connectivity index (χ0) is 13.1. The lowest BCUT2D eigenvalue weighted by Gasteiger charge is -2.05. The van der Waals surface area contributed by atoms with Crippen LogP contribution in [0.5, 0.6) is 0 Å². The lowest BCUT2D eigenvalue weighted by molar-refractivity contribution is -0.136. The molecule has 0 unspecified atom stereocenters. The Morgan fingerprint density at radius 3 is 2.67 bits per heavy atom. The van der Waals surface area contributed by atoms with Crippen molar-refractivity contribution in [2.24, 2.45) is 0 Å². The third-order valence-electron chi connectivity index (χ3n) is 2.33. The molecule has 0 saturated heterocycles. The van der Waals surface area contributed by atoms with E-state index in [1.54, 1.807) is 6.92 Å². The first kappa shape index (κ1) is 12.4. The number of hydrogen-bond donors (Lipinski definition) is 2. The van der Waals surface area contributed by atoms with Gasteiger partial charge in [-0.25, -0.2) is 4.68 Å². The van der Waals surface area contributed by atoms with E-state index in [9.17, 15) is 4.79 Å². The van der Waals surface area contributed by atoms with E-state index in [0.29, 0.717) is 11.0 Å². The lowest BCUT2D eigenvalue weighted by atomic mass is 10.2. The Kier molecular flexibility index (Phi) is 3.52. The van der Waals surface area contributed by atoms with Crippen LogP contribution in [-0.2, 0) is 4.79 Å². The van der Waals surface area contributed by atoms with Crippen LogP contribution >= 0.6 is 11.8 Å². The summed E-state index contributed by atoms with van der Waals surface area (Å²) in [6, 6.07) is 9.36. The number of benzene rings is 1. The Morgan fingerprint density at radius 2 is 2.06 bits per heavy atom. The predicted molar refractivity (Wildman–Crippen MR) is 68.6 cm³/mol. The van der Waals surface area contributed by atoms with Crippen molar-refractivity contribution in [3.8, 4) is 11.4 Å². The average Bonchev–Trinajstić information content (AvgIpc) is 2.72. The van der Waals surface area contributed by atoms with E-state index in [1.807, 2.05) is 30.3 Å². The van der Waals surface area contributed by atoms with Gasteiger partial charge in [0.05, 0.1) is 0 Å². The minimum absolute atomic E-state index is 0.378. The molecule has 0 aliphatic carbocycles. The van der Waals surface area contributed by atoms with E-state index in [0.717, 1.165) is 17.3 Å². The topological polar surface area (TPSA) is 94.0 Å². The molecule has 1 aromatic carbocycles. The van der Waals surface area contributed by atoms with Crippen molar-refractivity contribution in [3.05, 3.63) is 30.3 Å². The molecule has 0 bridgehead atoms. The molecule has 0 fully saturated rings. The number of thioether (sulfide) groups is 1. The van der Waals surface area contributed by atoms with Crippen LogP contribution in [0.1, 0.15) is 6.92 Å². The number of hydrogen-bond acceptors (Lipinski definition) is 5. The first-order valence-electron chi connectivity index (χ1n) is 5.25. The number of aliphatic carboxylic acids is 1. The molecule has 18 heavy (non-hydrogen) atoms. The fraction of sp³-hybridized carbons (Fsp3) is 0.182. The minimum atomic E-state index is -0.913. The first-order valence-corrected chi connectivity index (χ1v) is 6.13. The van der Waals surface area contributed by atoms with Gasteiger partial charge in [-0.1, -0.05) is 42.1 Å². The van der Waals surface area contributed by atoms with Crippen LogP contribution in [0, 0.1) is 0 Å². The van der Waals surface area contributed by atoms with Gasteiger partial charge in [0.15, 0.2) is 5.82 Å². The fourth-order valence-electron chi connectivity index (χ4n) is 1.35. The second-order valence-electron chi connectivity index (χ2n) is 3.64. The number of nitrogens with two attached hydrogens (primary N) is 1. The second kappa shape index (κ2) is 5.09. The van der Waals surface area contributed by atoms with Crippen LogP contribution in [0.15, 0.2) is 35.5 Å². The third-order valence-corrected chi connectivity index (χ3v) is 3.37. The monoisotopic (exact) mass is 264 g/mol. The summed E-state index contributed by atoms with van der Waals surface area (Å²) in [4.78, 5) is 10.8. The summed E-state index contributed by atoms with van der Waals surface area (Å²) in [5.41, 5.74) is 0.835. The second-order valence-corrected chi connectivity index (χ2v) is 4.95. The standard InChI is InChI=1S/C11H12N4O2S/c1-7(10(16)17)18-11-14-13-9(15(11)12)8-5-3-2-4-6-8/h2-7H,12H2,1H3,(H,16,17)/t7-/m0/s1. The molecule has 0 saturated carbocycles. The summed E-state index contributed by atoms with van der Waals surface area (Å²) in [6.45, 7) is 1.57. The molecule has 1 aromatic heterocycles. The first-order chi connectivity index (χ1) is 8.59. The quantitative estimate of drug-likeness (QED) is 0.637. The van der Waals surface area contributed by atoms with Crippen molar-refractivity contribution in [3.63, 3.8) is 0 Å². The Balaban J connectivity index is 2.27. The number of nitrogen functional groups attached to an aromatic ring is 1. The molecule has 3 N–H and O–H groups in total. The van der Waals surface area contributed by atoms with Gasteiger partial charge in [-0.2, -0.15) is 0 Å². The largest absolute Gasteiger partial charge is 0.480 e. The van der Waals surface area contributed by atoms with Gasteiger partial charge in [-0.3, -0.25) is 4.79 Å². The van der Waals surface area contributed by atoms with Crippen molar-refractivity contribution in [1.82, 2.24) is 14.9 Å². The maximum atomic E-state index is 10.8. The molecule has 7 heteroatoms. The molecule has 0 spiro atoms. The Labute approximate surface area is 108 Å². The summed E-state index contributed by atoms with van der Waals surface area (Å²) in [6.07, 6.45) is 0. The van der Waals surface area contributed by atoms with Crippen molar-refractivity contribution in [2.75, 3.05) is 5.84 Å². The summed E-state index contributed by atoms with van der Waals surface area (Å²) < 4.78 is 1.30. The number of rotatable bonds is 4. The van der Waals surface area contributed by atoms with Crippen molar-refractivity contribution < 1.29 is 9.90 Å². The van der Waals surface area contributed by atoms with E-state index in [4.69, 9.17) is 10.9 Å². The van der Waals surface area contributed by atoms with E-state index >= 15 is 0 Å². The van der Waals surface area contributed by atoms with E-state index in [1.165, 1.54) is 4.68 Å². The van der Waals surface area contributed by atoms with Gasteiger partial charge >= 0.3 is 5.97 Å². The van der Waals surface area contributed by atoms with Crippen LogP contribution in [-0.4, -0.2) is 31.2 Å².